The summed E-state index contributed by atoms with van der Waals surface area (Å²) in [5.74, 6) is -0.257. The van der Waals surface area contributed by atoms with Gasteiger partial charge in [-0.3, -0.25) is 10.00 Å². The highest BCUT2D eigenvalue weighted by atomic mass is 32.2. The fourth-order valence-electron chi connectivity index (χ4n) is 3.69. The maximum Gasteiger partial charge on any atom is 0.218 e. The monoisotopic (exact) mass is 398 g/mol. The van der Waals surface area contributed by atoms with Crippen LogP contribution in [0.1, 0.15) is 12.0 Å². The highest BCUT2D eigenvalue weighted by molar-refractivity contribution is 7.95. The molecule has 2 aliphatic rings. The molecule has 0 bridgehead atoms. The molecule has 0 spiro atoms. The van der Waals surface area contributed by atoms with E-state index in [0.717, 1.165) is 23.0 Å². The first kappa shape index (κ1) is 17.9. The van der Waals surface area contributed by atoms with Gasteiger partial charge in [0.2, 0.25) is 10.0 Å². The number of piperazine rings is 1. The summed E-state index contributed by atoms with van der Waals surface area (Å²) in [4.78, 5) is 2.22. The molecule has 1 unspecified atom stereocenters. The summed E-state index contributed by atoms with van der Waals surface area (Å²) in [6.07, 6.45) is 2.00. The van der Waals surface area contributed by atoms with Crippen molar-refractivity contribution in [3.63, 3.8) is 0 Å². The summed E-state index contributed by atoms with van der Waals surface area (Å²) in [7, 11) is -6.74. The van der Waals surface area contributed by atoms with E-state index < -0.39 is 25.1 Å². The highest BCUT2D eigenvalue weighted by Crippen LogP contribution is 2.23. The Morgan fingerprint density at radius 3 is 2.65 bits per heavy atom. The van der Waals surface area contributed by atoms with Gasteiger partial charge in [0, 0.05) is 38.1 Å². The molecule has 2 fully saturated rings. The molecule has 8 nitrogen and oxygen atoms in total. The number of rotatable bonds is 4. The largest absolute Gasteiger partial charge is 0.296 e. The first-order valence-electron chi connectivity index (χ1n) is 8.67. The maximum absolute atomic E-state index is 12.7. The zero-order valence-corrected chi connectivity index (χ0v) is 16.0. The molecular weight excluding hydrogens is 376 g/mol. The van der Waals surface area contributed by atoms with Crippen LogP contribution in [0.3, 0.4) is 0 Å². The molecule has 2 saturated heterocycles. The van der Waals surface area contributed by atoms with Gasteiger partial charge in [-0.2, -0.15) is 9.40 Å². The molecule has 142 valence electrons. The van der Waals surface area contributed by atoms with Crippen LogP contribution in [-0.2, 0) is 26.4 Å². The first-order chi connectivity index (χ1) is 12.3. The highest BCUT2D eigenvalue weighted by Gasteiger charge is 2.41. The van der Waals surface area contributed by atoms with Crippen LogP contribution in [-0.4, -0.2) is 79.2 Å². The fraction of sp³-hybridized carbons (Fsp3) is 0.562. The summed E-state index contributed by atoms with van der Waals surface area (Å²) in [6.45, 7) is 2.84. The lowest BCUT2D eigenvalue weighted by Gasteiger charge is -2.35. The molecule has 1 aromatic heterocycles. The minimum atomic E-state index is -3.54. The van der Waals surface area contributed by atoms with Gasteiger partial charge < -0.3 is 0 Å². The molecule has 10 heteroatoms. The van der Waals surface area contributed by atoms with Crippen molar-refractivity contribution in [1.29, 1.82) is 0 Å². The quantitative estimate of drug-likeness (QED) is 0.789. The van der Waals surface area contributed by atoms with Crippen molar-refractivity contribution >= 4 is 30.8 Å². The van der Waals surface area contributed by atoms with E-state index in [9.17, 15) is 16.8 Å². The van der Waals surface area contributed by atoms with Gasteiger partial charge in [0.15, 0.2) is 9.84 Å². The molecule has 0 aliphatic carbocycles. The number of sulfonamides is 1. The molecule has 2 aliphatic heterocycles. The number of benzene rings is 1. The minimum absolute atomic E-state index is 0.0209. The van der Waals surface area contributed by atoms with Crippen molar-refractivity contribution in [3.05, 3.63) is 30.0 Å². The van der Waals surface area contributed by atoms with Crippen molar-refractivity contribution in [2.45, 2.75) is 18.2 Å². The van der Waals surface area contributed by atoms with Crippen molar-refractivity contribution < 1.29 is 16.8 Å². The van der Waals surface area contributed by atoms with Gasteiger partial charge in [-0.15, -0.1) is 0 Å². The van der Waals surface area contributed by atoms with Gasteiger partial charge in [-0.05, 0) is 18.1 Å². The van der Waals surface area contributed by atoms with Crippen LogP contribution in [0.2, 0.25) is 0 Å². The minimum Gasteiger partial charge on any atom is -0.296 e. The van der Waals surface area contributed by atoms with Crippen LogP contribution >= 0.6 is 0 Å². The van der Waals surface area contributed by atoms with E-state index in [1.54, 1.807) is 6.20 Å². The molecule has 26 heavy (non-hydrogen) atoms. The second-order valence-corrected chi connectivity index (χ2v) is 11.5. The Hall–Kier alpha value is -1.49. The molecule has 0 radical (unpaired) electrons. The number of hydrogen-bond donors (Lipinski definition) is 1. The lowest BCUT2D eigenvalue weighted by atomic mass is 10.1. The topological polar surface area (TPSA) is 103 Å². The van der Waals surface area contributed by atoms with Gasteiger partial charge in [0.1, 0.15) is 0 Å². The summed E-state index contributed by atoms with van der Waals surface area (Å²) >= 11 is 0. The third-order valence-corrected chi connectivity index (χ3v) is 9.52. The Bertz CT molecular complexity index is 1010. The number of nitrogens with one attached hydrogen (secondary N) is 1. The Balaban J connectivity index is 1.37. The van der Waals surface area contributed by atoms with Crippen LogP contribution in [0, 0.1) is 0 Å². The Kier molecular flexibility index (Phi) is 4.54. The molecule has 1 aromatic carbocycles. The van der Waals surface area contributed by atoms with Crippen LogP contribution in [0.4, 0.5) is 0 Å². The normalized spacial score (nSPS) is 25.0. The smallest absolute Gasteiger partial charge is 0.218 e. The molecule has 2 aromatic rings. The number of aromatic nitrogens is 2. The van der Waals surface area contributed by atoms with E-state index in [4.69, 9.17) is 0 Å². The third kappa shape index (κ3) is 3.51. The lowest BCUT2D eigenvalue weighted by molar-refractivity contribution is 0.181. The second kappa shape index (κ2) is 6.59. The van der Waals surface area contributed by atoms with E-state index in [1.165, 1.54) is 4.31 Å². The summed E-state index contributed by atoms with van der Waals surface area (Å²) < 4.78 is 50.0. The van der Waals surface area contributed by atoms with Gasteiger partial charge in [0.05, 0.1) is 28.5 Å². The van der Waals surface area contributed by atoms with Crippen molar-refractivity contribution in [3.8, 4) is 0 Å². The Morgan fingerprint density at radius 1 is 1.19 bits per heavy atom. The van der Waals surface area contributed by atoms with Gasteiger partial charge in [0.25, 0.3) is 0 Å². The predicted molar refractivity (Wildman–Crippen MR) is 98.9 cm³/mol. The molecule has 0 amide bonds. The third-order valence-electron chi connectivity index (χ3n) is 5.22. The lowest BCUT2D eigenvalue weighted by Crippen LogP contribution is -2.50. The summed E-state index contributed by atoms with van der Waals surface area (Å²) in [6, 6.07) is 6.15. The zero-order valence-electron chi connectivity index (χ0n) is 14.3. The molecule has 3 heterocycles. The van der Waals surface area contributed by atoms with Gasteiger partial charge in [-0.1, -0.05) is 12.1 Å². The van der Waals surface area contributed by atoms with Gasteiger partial charge >= 0.3 is 0 Å². The number of sulfone groups is 1. The number of hydrogen-bond acceptors (Lipinski definition) is 6. The number of fused-ring (bicyclic) bond motifs is 1. The zero-order chi connectivity index (χ0) is 18.4. The number of nitrogens with zero attached hydrogens (tertiary/aromatic N) is 3. The van der Waals surface area contributed by atoms with Crippen molar-refractivity contribution in [2.75, 3.05) is 37.7 Å². The van der Waals surface area contributed by atoms with Crippen LogP contribution in [0.15, 0.2) is 24.4 Å². The fourth-order valence-corrected chi connectivity index (χ4v) is 8.20. The standard InChI is InChI=1S/C16H22N4O4S2/c21-25(22)8-3-15(12-25)26(23,24)20-6-4-19(5-7-20)11-13-1-2-14-10-17-18-16(14)9-13/h1-2,9-10,15H,3-8,11-12H2,(H,17,18). The first-order valence-corrected chi connectivity index (χ1v) is 12.0. The van der Waals surface area contributed by atoms with Gasteiger partial charge in [-0.25, -0.2) is 16.8 Å². The Labute approximate surface area is 153 Å². The summed E-state index contributed by atoms with van der Waals surface area (Å²) in [5, 5.41) is 7.27. The predicted octanol–water partition coefficient (Wildman–Crippen LogP) is 0.197. The molecule has 1 N–H and O–H groups in total. The molecule has 1 atom stereocenters. The number of aromatic amines is 1. The van der Waals surface area contributed by atoms with E-state index in [-0.39, 0.29) is 17.9 Å². The van der Waals surface area contributed by atoms with Crippen LogP contribution in [0.5, 0.6) is 0 Å². The Morgan fingerprint density at radius 2 is 1.96 bits per heavy atom. The van der Waals surface area contributed by atoms with Crippen molar-refractivity contribution in [1.82, 2.24) is 19.4 Å². The molecule has 4 rings (SSSR count). The van der Waals surface area contributed by atoms with E-state index in [1.807, 2.05) is 6.07 Å². The SMILES string of the molecule is O=S1(=O)CCC(S(=O)(=O)N2CCN(Cc3ccc4cn[nH]c4c3)CC2)C1. The summed E-state index contributed by atoms with van der Waals surface area (Å²) in [5.41, 5.74) is 2.14. The van der Waals surface area contributed by atoms with Crippen LogP contribution < -0.4 is 0 Å². The maximum atomic E-state index is 12.7. The average Bonchev–Trinajstić information content (AvgIpc) is 3.21. The van der Waals surface area contributed by atoms with Crippen LogP contribution in [0.25, 0.3) is 10.9 Å². The van der Waals surface area contributed by atoms with Crippen molar-refractivity contribution in [2.24, 2.45) is 0 Å². The second-order valence-electron chi connectivity index (χ2n) is 7.04. The molecule has 0 saturated carbocycles. The average molecular weight is 399 g/mol. The number of H-pyrrole nitrogens is 1. The van der Waals surface area contributed by atoms with E-state index in [0.29, 0.717) is 26.2 Å². The molecular formula is C16H22N4O4S2. The van der Waals surface area contributed by atoms with E-state index >= 15 is 0 Å². The van der Waals surface area contributed by atoms with E-state index in [2.05, 4.69) is 27.2 Å².